The minimum absolute atomic E-state index is 0.0411. The summed E-state index contributed by atoms with van der Waals surface area (Å²) in [6, 6.07) is 7.12. The van der Waals surface area contributed by atoms with Crippen molar-refractivity contribution < 1.29 is 14.3 Å². The van der Waals surface area contributed by atoms with Gasteiger partial charge in [0.05, 0.1) is 6.04 Å². The molecule has 0 aromatic heterocycles. The second-order valence-electron chi connectivity index (χ2n) is 6.42. The molecule has 0 saturated carbocycles. The van der Waals surface area contributed by atoms with Gasteiger partial charge in [-0.15, -0.1) is 0 Å². The first-order valence-electron chi connectivity index (χ1n) is 7.37. The van der Waals surface area contributed by atoms with Gasteiger partial charge in [0.1, 0.15) is 5.60 Å². The number of benzene rings is 1. The number of hydrogen-bond acceptors (Lipinski definition) is 4. The zero-order valence-corrected chi connectivity index (χ0v) is 13.3. The lowest BCUT2D eigenvalue weighted by atomic mass is 10.0. The van der Waals surface area contributed by atoms with Crippen molar-refractivity contribution in [2.75, 3.05) is 19.6 Å². The Morgan fingerprint density at radius 2 is 2.09 bits per heavy atom. The molecule has 3 N–H and O–H groups in total. The number of nitrogens with one attached hydrogen (secondary N) is 1. The monoisotopic (exact) mass is 305 g/mol. The average Bonchev–Trinajstić information content (AvgIpc) is 2.46. The third kappa shape index (κ3) is 4.21. The van der Waals surface area contributed by atoms with Crippen LogP contribution >= 0.6 is 0 Å². The molecular weight excluding hydrogens is 282 g/mol. The Labute approximate surface area is 130 Å². The second kappa shape index (κ2) is 6.36. The molecule has 0 bridgehead atoms. The van der Waals surface area contributed by atoms with E-state index in [1.54, 1.807) is 23.1 Å². The lowest BCUT2D eigenvalue weighted by Gasteiger charge is -2.35. The number of hydrogen-bond donors (Lipinski definition) is 2. The molecule has 0 aliphatic carbocycles. The predicted molar refractivity (Wildman–Crippen MR) is 83.5 cm³/mol. The van der Waals surface area contributed by atoms with E-state index in [0.29, 0.717) is 25.2 Å². The zero-order valence-electron chi connectivity index (χ0n) is 13.3. The van der Waals surface area contributed by atoms with Crippen LogP contribution in [0.4, 0.5) is 4.79 Å². The first kappa shape index (κ1) is 16.3. The van der Waals surface area contributed by atoms with Gasteiger partial charge < -0.3 is 20.7 Å². The minimum atomic E-state index is -0.511. The molecule has 1 aliphatic rings. The third-order valence-electron chi connectivity index (χ3n) is 3.40. The Morgan fingerprint density at radius 3 is 2.73 bits per heavy atom. The standard InChI is InChI=1S/C16H23N3O3/c1-16(2,3)22-15(21)19-8-7-18-13(10-19)11-5-4-6-12(9-11)14(17)20/h4-6,9,13,18H,7-8,10H2,1-3H3,(H2,17,20)/t13-/m0/s1. The van der Waals surface area contributed by atoms with E-state index in [-0.39, 0.29) is 12.1 Å². The van der Waals surface area contributed by atoms with E-state index in [0.717, 1.165) is 5.56 Å². The van der Waals surface area contributed by atoms with Gasteiger partial charge in [-0.2, -0.15) is 0 Å². The molecule has 1 atom stereocenters. The number of carbonyl (C=O) groups is 2. The Morgan fingerprint density at radius 1 is 1.36 bits per heavy atom. The van der Waals surface area contributed by atoms with Gasteiger partial charge in [0.25, 0.3) is 0 Å². The SMILES string of the molecule is CC(C)(C)OC(=O)N1CCN[C@H](c2cccc(C(N)=O)c2)C1. The van der Waals surface area contributed by atoms with Crippen molar-refractivity contribution >= 4 is 12.0 Å². The summed E-state index contributed by atoms with van der Waals surface area (Å²) in [5.74, 6) is -0.457. The van der Waals surface area contributed by atoms with E-state index in [9.17, 15) is 9.59 Å². The highest BCUT2D eigenvalue weighted by atomic mass is 16.6. The Kier molecular flexibility index (Phi) is 4.71. The highest BCUT2D eigenvalue weighted by molar-refractivity contribution is 5.92. The largest absolute Gasteiger partial charge is 0.444 e. The normalized spacial score (nSPS) is 18.9. The van der Waals surface area contributed by atoms with E-state index in [1.807, 2.05) is 26.8 Å². The topological polar surface area (TPSA) is 84.7 Å². The molecule has 0 unspecified atom stereocenters. The van der Waals surface area contributed by atoms with E-state index < -0.39 is 11.5 Å². The highest BCUT2D eigenvalue weighted by Crippen LogP contribution is 2.20. The maximum atomic E-state index is 12.2. The van der Waals surface area contributed by atoms with Crippen LogP contribution in [0.3, 0.4) is 0 Å². The number of amides is 2. The van der Waals surface area contributed by atoms with Crippen LogP contribution in [0.5, 0.6) is 0 Å². The van der Waals surface area contributed by atoms with Gasteiger partial charge in [0.15, 0.2) is 0 Å². The van der Waals surface area contributed by atoms with Crippen molar-refractivity contribution in [3.05, 3.63) is 35.4 Å². The quantitative estimate of drug-likeness (QED) is 0.870. The molecule has 1 heterocycles. The summed E-state index contributed by atoms with van der Waals surface area (Å²) in [7, 11) is 0. The Bertz CT molecular complexity index is 566. The van der Waals surface area contributed by atoms with Crippen LogP contribution in [0.1, 0.15) is 42.7 Å². The van der Waals surface area contributed by atoms with Crippen LogP contribution in [-0.2, 0) is 4.74 Å². The molecule has 2 rings (SSSR count). The van der Waals surface area contributed by atoms with Gasteiger partial charge in [0.2, 0.25) is 5.91 Å². The fourth-order valence-electron chi connectivity index (χ4n) is 2.37. The van der Waals surface area contributed by atoms with Gasteiger partial charge in [-0.3, -0.25) is 4.79 Å². The minimum Gasteiger partial charge on any atom is -0.444 e. The summed E-state index contributed by atoms with van der Waals surface area (Å²) >= 11 is 0. The summed E-state index contributed by atoms with van der Waals surface area (Å²) in [6.07, 6.45) is -0.315. The first-order chi connectivity index (χ1) is 10.3. The van der Waals surface area contributed by atoms with Crippen molar-refractivity contribution in [3.8, 4) is 0 Å². The fourth-order valence-corrected chi connectivity index (χ4v) is 2.37. The molecular formula is C16H23N3O3. The summed E-state index contributed by atoms with van der Waals surface area (Å²) in [5.41, 5.74) is 6.20. The summed E-state index contributed by atoms with van der Waals surface area (Å²) < 4.78 is 5.41. The van der Waals surface area contributed by atoms with Gasteiger partial charge >= 0.3 is 6.09 Å². The molecule has 1 fully saturated rings. The van der Waals surface area contributed by atoms with E-state index in [2.05, 4.69) is 5.32 Å². The Hall–Kier alpha value is -2.08. The number of nitrogens with zero attached hydrogens (tertiary/aromatic N) is 1. The number of rotatable bonds is 2. The maximum absolute atomic E-state index is 12.2. The second-order valence-corrected chi connectivity index (χ2v) is 6.42. The number of ether oxygens (including phenoxy) is 1. The smallest absolute Gasteiger partial charge is 0.410 e. The van der Waals surface area contributed by atoms with Crippen molar-refractivity contribution in [2.45, 2.75) is 32.4 Å². The zero-order chi connectivity index (χ0) is 16.3. The van der Waals surface area contributed by atoms with Gasteiger partial charge in [-0.25, -0.2) is 4.79 Å². The lowest BCUT2D eigenvalue weighted by molar-refractivity contribution is 0.0195. The number of nitrogens with two attached hydrogens (primary N) is 1. The van der Waals surface area contributed by atoms with E-state index in [1.165, 1.54) is 0 Å². The predicted octanol–water partition coefficient (Wildman–Crippen LogP) is 1.67. The average molecular weight is 305 g/mol. The number of piperazine rings is 1. The Balaban J connectivity index is 2.09. The third-order valence-corrected chi connectivity index (χ3v) is 3.40. The van der Waals surface area contributed by atoms with Crippen LogP contribution in [0, 0.1) is 0 Å². The maximum Gasteiger partial charge on any atom is 0.410 e. The molecule has 1 aliphatic heterocycles. The molecule has 2 amide bonds. The molecule has 6 nitrogen and oxygen atoms in total. The van der Waals surface area contributed by atoms with Crippen LogP contribution in [-0.4, -0.2) is 42.1 Å². The van der Waals surface area contributed by atoms with Crippen molar-refractivity contribution in [3.63, 3.8) is 0 Å². The summed E-state index contributed by atoms with van der Waals surface area (Å²) in [6.45, 7) is 7.31. The van der Waals surface area contributed by atoms with Crippen molar-refractivity contribution in [1.82, 2.24) is 10.2 Å². The summed E-state index contributed by atoms with van der Waals surface area (Å²) in [4.78, 5) is 25.1. The molecule has 1 aromatic rings. The molecule has 1 saturated heterocycles. The summed E-state index contributed by atoms with van der Waals surface area (Å²) in [5, 5.41) is 3.35. The van der Waals surface area contributed by atoms with E-state index in [4.69, 9.17) is 10.5 Å². The van der Waals surface area contributed by atoms with Crippen molar-refractivity contribution in [1.29, 1.82) is 0 Å². The molecule has 6 heteroatoms. The van der Waals surface area contributed by atoms with Gasteiger partial charge in [-0.05, 0) is 38.5 Å². The lowest BCUT2D eigenvalue weighted by Crippen LogP contribution is -2.49. The first-order valence-corrected chi connectivity index (χ1v) is 7.37. The molecule has 22 heavy (non-hydrogen) atoms. The molecule has 0 spiro atoms. The molecule has 0 radical (unpaired) electrons. The molecule has 1 aromatic carbocycles. The van der Waals surface area contributed by atoms with Gasteiger partial charge in [0, 0.05) is 25.2 Å². The van der Waals surface area contributed by atoms with Crippen molar-refractivity contribution in [2.24, 2.45) is 5.73 Å². The van der Waals surface area contributed by atoms with Gasteiger partial charge in [-0.1, -0.05) is 12.1 Å². The van der Waals surface area contributed by atoms with Crippen LogP contribution in [0.15, 0.2) is 24.3 Å². The van der Waals surface area contributed by atoms with Crippen LogP contribution in [0.2, 0.25) is 0 Å². The highest BCUT2D eigenvalue weighted by Gasteiger charge is 2.28. The van der Waals surface area contributed by atoms with Crippen LogP contribution in [0.25, 0.3) is 0 Å². The number of primary amides is 1. The molecule has 120 valence electrons. The number of carbonyl (C=O) groups excluding carboxylic acids is 2. The van der Waals surface area contributed by atoms with Crippen LogP contribution < -0.4 is 11.1 Å². The van der Waals surface area contributed by atoms with E-state index >= 15 is 0 Å². The fraction of sp³-hybridized carbons (Fsp3) is 0.500.